The number of hydrogen-bond donors (Lipinski definition) is 1. The third-order valence-corrected chi connectivity index (χ3v) is 7.72. The SMILES string of the molecule is O=C(CN1CCN(c2cccc(C(F)(F)F)c2)CC1)NC12CC3CC(CC(C3)C1)C2. The van der Waals surface area contributed by atoms with Crippen LogP contribution in [0.2, 0.25) is 0 Å². The Morgan fingerprint density at radius 1 is 1.00 bits per heavy atom. The first kappa shape index (κ1) is 20.2. The fourth-order valence-electron chi connectivity index (χ4n) is 6.85. The number of anilines is 1. The van der Waals surface area contributed by atoms with E-state index in [4.69, 9.17) is 0 Å². The average molecular weight is 422 g/mol. The van der Waals surface area contributed by atoms with E-state index >= 15 is 0 Å². The molecule has 7 heteroatoms. The van der Waals surface area contributed by atoms with Crippen LogP contribution in [0.1, 0.15) is 44.1 Å². The summed E-state index contributed by atoms with van der Waals surface area (Å²) < 4.78 is 38.9. The van der Waals surface area contributed by atoms with Gasteiger partial charge in [-0.15, -0.1) is 0 Å². The van der Waals surface area contributed by atoms with Crippen LogP contribution in [0.25, 0.3) is 0 Å². The van der Waals surface area contributed by atoms with Gasteiger partial charge >= 0.3 is 6.18 Å². The Morgan fingerprint density at radius 2 is 1.60 bits per heavy atom. The smallest absolute Gasteiger partial charge is 0.369 e. The van der Waals surface area contributed by atoms with Crippen LogP contribution in [0.5, 0.6) is 0 Å². The molecule has 1 saturated heterocycles. The number of rotatable bonds is 4. The van der Waals surface area contributed by atoms with Crippen LogP contribution in [-0.2, 0) is 11.0 Å². The molecule has 30 heavy (non-hydrogen) atoms. The molecule has 0 radical (unpaired) electrons. The first-order valence-electron chi connectivity index (χ1n) is 11.2. The summed E-state index contributed by atoms with van der Waals surface area (Å²) in [5.74, 6) is 2.51. The number of hydrogen-bond acceptors (Lipinski definition) is 3. The van der Waals surface area contributed by atoms with Crippen molar-refractivity contribution in [2.45, 2.75) is 50.2 Å². The minimum Gasteiger partial charge on any atom is -0.369 e. The molecule has 6 rings (SSSR count). The summed E-state index contributed by atoms with van der Waals surface area (Å²) in [4.78, 5) is 16.9. The first-order chi connectivity index (χ1) is 14.3. The molecule has 0 aromatic heterocycles. The van der Waals surface area contributed by atoms with Crippen LogP contribution in [0.3, 0.4) is 0 Å². The molecule has 4 saturated carbocycles. The second-order valence-corrected chi connectivity index (χ2v) is 10.1. The van der Waals surface area contributed by atoms with Crippen LogP contribution in [0, 0.1) is 17.8 Å². The Bertz CT molecular complexity index is 766. The van der Waals surface area contributed by atoms with E-state index in [0.717, 1.165) is 43.1 Å². The summed E-state index contributed by atoms with van der Waals surface area (Å²) >= 11 is 0. The fourth-order valence-corrected chi connectivity index (χ4v) is 6.85. The van der Waals surface area contributed by atoms with E-state index in [-0.39, 0.29) is 11.4 Å². The molecule has 5 fully saturated rings. The highest BCUT2D eigenvalue weighted by molar-refractivity contribution is 5.79. The molecule has 1 N–H and O–H groups in total. The monoisotopic (exact) mass is 421 g/mol. The fraction of sp³-hybridized carbons (Fsp3) is 0.696. The van der Waals surface area contributed by atoms with Crippen LogP contribution in [-0.4, -0.2) is 49.1 Å². The van der Waals surface area contributed by atoms with Crippen LogP contribution >= 0.6 is 0 Å². The van der Waals surface area contributed by atoms with E-state index in [1.807, 2.05) is 4.90 Å². The highest BCUT2D eigenvalue weighted by Crippen LogP contribution is 2.55. The zero-order chi connectivity index (χ0) is 20.9. The zero-order valence-electron chi connectivity index (χ0n) is 17.3. The normalized spacial score (nSPS) is 33.7. The molecule has 0 atom stereocenters. The summed E-state index contributed by atoms with van der Waals surface area (Å²) in [6.45, 7) is 3.02. The molecule has 164 valence electrons. The van der Waals surface area contributed by atoms with Crippen molar-refractivity contribution < 1.29 is 18.0 Å². The average Bonchev–Trinajstić information content (AvgIpc) is 2.66. The summed E-state index contributed by atoms with van der Waals surface area (Å²) in [7, 11) is 0. The summed E-state index contributed by atoms with van der Waals surface area (Å²) in [5, 5.41) is 3.42. The topological polar surface area (TPSA) is 35.6 Å². The van der Waals surface area contributed by atoms with Gasteiger partial charge in [0, 0.05) is 37.4 Å². The Labute approximate surface area is 175 Å². The molecule has 0 unspecified atom stereocenters. The van der Waals surface area contributed by atoms with E-state index in [9.17, 15) is 18.0 Å². The van der Waals surface area contributed by atoms with E-state index in [1.165, 1.54) is 31.4 Å². The number of halogens is 3. The number of nitrogens with zero attached hydrogens (tertiary/aromatic N) is 2. The van der Waals surface area contributed by atoms with Gasteiger partial charge in [0.1, 0.15) is 0 Å². The van der Waals surface area contributed by atoms with Gasteiger partial charge in [0.05, 0.1) is 12.1 Å². The molecular formula is C23H30F3N3O. The summed E-state index contributed by atoms with van der Waals surface area (Å²) in [5.41, 5.74) is 0.0194. The maximum Gasteiger partial charge on any atom is 0.416 e. The Hall–Kier alpha value is -1.76. The van der Waals surface area contributed by atoms with E-state index in [0.29, 0.717) is 38.4 Å². The standard InChI is InChI=1S/C23H30F3N3O/c24-23(25,26)19-2-1-3-20(11-19)29-6-4-28(5-7-29)15-21(30)27-22-12-16-8-17(13-22)10-18(9-16)14-22/h1-3,11,16-18H,4-10,12-15H2,(H,27,30). The zero-order valence-corrected chi connectivity index (χ0v) is 17.3. The van der Waals surface area contributed by atoms with Crippen molar-refractivity contribution in [1.82, 2.24) is 10.2 Å². The maximum absolute atomic E-state index is 13.0. The number of carbonyl (C=O) groups is 1. The molecule has 1 heterocycles. The second kappa shape index (κ2) is 7.43. The molecule has 4 nitrogen and oxygen atoms in total. The molecule has 1 aliphatic heterocycles. The van der Waals surface area contributed by atoms with Crippen LogP contribution < -0.4 is 10.2 Å². The summed E-state index contributed by atoms with van der Waals surface area (Å²) in [6.07, 6.45) is 3.18. The number of carbonyl (C=O) groups excluding carboxylic acids is 1. The quantitative estimate of drug-likeness (QED) is 0.801. The third-order valence-electron chi connectivity index (χ3n) is 7.72. The van der Waals surface area contributed by atoms with Crippen molar-refractivity contribution in [2.24, 2.45) is 17.8 Å². The second-order valence-electron chi connectivity index (χ2n) is 10.1. The number of alkyl halides is 3. The van der Waals surface area contributed by atoms with Crippen molar-refractivity contribution in [3.05, 3.63) is 29.8 Å². The maximum atomic E-state index is 13.0. The minimum atomic E-state index is -4.33. The van der Waals surface area contributed by atoms with Gasteiger partial charge in [-0.1, -0.05) is 6.07 Å². The van der Waals surface area contributed by atoms with Crippen LogP contribution in [0.4, 0.5) is 18.9 Å². The van der Waals surface area contributed by atoms with Crippen molar-refractivity contribution in [2.75, 3.05) is 37.6 Å². The third kappa shape index (κ3) is 4.05. The lowest BCUT2D eigenvalue weighted by molar-refractivity contribution is -0.137. The van der Waals surface area contributed by atoms with Gasteiger partial charge in [-0.2, -0.15) is 13.2 Å². The number of piperazine rings is 1. The molecule has 0 spiro atoms. The predicted octanol–water partition coefficient (Wildman–Crippen LogP) is 3.91. The highest BCUT2D eigenvalue weighted by atomic mass is 19.4. The molecule has 1 aromatic rings. The van der Waals surface area contributed by atoms with Gasteiger partial charge in [0.2, 0.25) is 5.91 Å². The highest BCUT2D eigenvalue weighted by Gasteiger charge is 2.51. The molecule has 1 amide bonds. The summed E-state index contributed by atoms with van der Waals surface area (Å²) in [6, 6.07) is 5.51. The van der Waals surface area contributed by atoms with Gasteiger partial charge in [-0.25, -0.2) is 0 Å². The van der Waals surface area contributed by atoms with Crippen molar-refractivity contribution in [3.8, 4) is 0 Å². The molecule has 5 aliphatic rings. The van der Waals surface area contributed by atoms with E-state index in [2.05, 4.69) is 10.2 Å². The van der Waals surface area contributed by atoms with Crippen molar-refractivity contribution in [3.63, 3.8) is 0 Å². The van der Waals surface area contributed by atoms with Crippen molar-refractivity contribution in [1.29, 1.82) is 0 Å². The van der Waals surface area contributed by atoms with Crippen molar-refractivity contribution >= 4 is 11.6 Å². The Balaban J connectivity index is 1.14. The van der Waals surface area contributed by atoms with Gasteiger partial charge in [0.25, 0.3) is 0 Å². The number of nitrogens with one attached hydrogen (secondary N) is 1. The predicted molar refractivity (Wildman–Crippen MR) is 109 cm³/mol. The lowest BCUT2D eigenvalue weighted by Gasteiger charge is -2.57. The molecular weight excluding hydrogens is 391 g/mol. The lowest BCUT2D eigenvalue weighted by Crippen LogP contribution is -2.61. The first-order valence-corrected chi connectivity index (χ1v) is 11.2. The van der Waals surface area contributed by atoms with Gasteiger partial charge in [-0.05, 0) is 74.5 Å². The minimum absolute atomic E-state index is 0.0334. The molecule has 1 aromatic carbocycles. The van der Waals surface area contributed by atoms with Gasteiger partial charge in [-0.3, -0.25) is 9.69 Å². The van der Waals surface area contributed by atoms with E-state index < -0.39 is 11.7 Å². The van der Waals surface area contributed by atoms with Gasteiger partial charge in [0.15, 0.2) is 0 Å². The van der Waals surface area contributed by atoms with E-state index in [1.54, 1.807) is 6.07 Å². The Morgan fingerprint density at radius 3 is 2.17 bits per heavy atom. The van der Waals surface area contributed by atoms with Gasteiger partial charge < -0.3 is 10.2 Å². The van der Waals surface area contributed by atoms with Crippen LogP contribution in [0.15, 0.2) is 24.3 Å². The number of amides is 1. The molecule has 4 bridgehead atoms. The largest absolute Gasteiger partial charge is 0.416 e. The number of benzene rings is 1. The molecule has 4 aliphatic carbocycles. The Kier molecular flexibility index (Phi) is 4.99. The lowest BCUT2D eigenvalue weighted by atomic mass is 9.53.